The fourth-order valence-corrected chi connectivity index (χ4v) is 2.73. The van der Waals surface area contributed by atoms with Gasteiger partial charge in [-0.3, -0.25) is 0 Å². The molecule has 1 N–H and O–H groups in total. The van der Waals surface area contributed by atoms with E-state index in [4.69, 9.17) is 0 Å². The number of nitrogens with zero attached hydrogens (tertiary/aromatic N) is 2. The van der Waals surface area contributed by atoms with Gasteiger partial charge in [-0.05, 0) is 31.9 Å². The summed E-state index contributed by atoms with van der Waals surface area (Å²) in [6.07, 6.45) is 8.22. The molecule has 0 spiro atoms. The van der Waals surface area contributed by atoms with Crippen LogP contribution in [-0.4, -0.2) is 16.0 Å². The van der Waals surface area contributed by atoms with E-state index in [0.717, 1.165) is 16.7 Å². The normalized spacial score (nSPS) is 16.9. The summed E-state index contributed by atoms with van der Waals surface area (Å²) in [4.78, 5) is 8.74. The molecule has 1 aliphatic carbocycles. The minimum absolute atomic E-state index is 0.581. The summed E-state index contributed by atoms with van der Waals surface area (Å²) < 4.78 is 0. The second kappa shape index (κ2) is 4.92. The number of hydrogen-bond donors (Lipinski definition) is 1. The van der Waals surface area contributed by atoms with Gasteiger partial charge in [0.05, 0.1) is 5.52 Å². The zero-order valence-electron chi connectivity index (χ0n) is 10.8. The van der Waals surface area contributed by atoms with Crippen molar-refractivity contribution in [1.29, 1.82) is 0 Å². The van der Waals surface area contributed by atoms with Crippen LogP contribution >= 0.6 is 0 Å². The molecule has 1 aromatic heterocycles. The van der Waals surface area contributed by atoms with Crippen LogP contribution in [0.3, 0.4) is 0 Å². The van der Waals surface area contributed by atoms with E-state index in [9.17, 15) is 0 Å². The Labute approximate surface area is 108 Å². The number of aromatic nitrogens is 2. The van der Waals surface area contributed by atoms with Crippen LogP contribution in [0.4, 0.5) is 5.82 Å². The Hall–Kier alpha value is -1.64. The Balaban J connectivity index is 1.92. The topological polar surface area (TPSA) is 37.8 Å². The van der Waals surface area contributed by atoms with Crippen LogP contribution in [0.15, 0.2) is 24.5 Å². The van der Waals surface area contributed by atoms with Gasteiger partial charge in [0.15, 0.2) is 0 Å². The fourth-order valence-electron chi connectivity index (χ4n) is 2.73. The molecule has 0 saturated heterocycles. The van der Waals surface area contributed by atoms with Gasteiger partial charge >= 0.3 is 0 Å². The maximum atomic E-state index is 4.42. The first-order valence-corrected chi connectivity index (χ1v) is 6.81. The molecule has 0 radical (unpaired) electrons. The van der Waals surface area contributed by atoms with Crippen LogP contribution in [-0.2, 0) is 0 Å². The molecule has 0 unspecified atom stereocenters. The van der Waals surface area contributed by atoms with Crippen molar-refractivity contribution in [3.05, 3.63) is 30.1 Å². The van der Waals surface area contributed by atoms with Crippen molar-refractivity contribution in [2.75, 3.05) is 5.32 Å². The number of nitrogens with one attached hydrogen (secondary N) is 1. The molecule has 3 heteroatoms. The molecule has 0 atom stereocenters. The van der Waals surface area contributed by atoms with E-state index in [-0.39, 0.29) is 0 Å². The van der Waals surface area contributed by atoms with Crippen LogP contribution in [0.25, 0.3) is 10.9 Å². The summed E-state index contributed by atoms with van der Waals surface area (Å²) in [6.45, 7) is 2.11. The predicted molar refractivity (Wildman–Crippen MR) is 74.8 cm³/mol. The number of aryl methyl sites for hydroxylation is 1. The molecule has 0 aliphatic heterocycles. The number of hydrogen-bond acceptors (Lipinski definition) is 3. The third kappa shape index (κ3) is 2.30. The van der Waals surface area contributed by atoms with Gasteiger partial charge in [-0.1, -0.05) is 30.9 Å². The van der Waals surface area contributed by atoms with E-state index in [1.54, 1.807) is 6.33 Å². The number of anilines is 1. The summed E-state index contributed by atoms with van der Waals surface area (Å²) in [5.74, 6) is 0.996. The number of benzene rings is 1. The van der Waals surface area contributed by atoms with Crippen LogP contribution in [0.2, 0.25) is 0 Å². The Kier molecular flexibility index (Phi) is 3.13. The van der Waals surface area contributed by atoms with E-state index in [1.807, 2.05) is 0 Å². The van der Waals surface area contributed by atoms with Gasteiger partial charge in [0.2, 0.25) is 0 Å². The fraction of sp³-hybridized carbons (Fsp3) is 0.467. The van der Waals surface area contributed by atoms with Gasteiger partial charge in [-0.15, -0.1) is 0 Å². The van der Waals surface area contributed by atoms with Crippen molar-refractivity contribution < 1.29 is 0 Å². The van der Waals surface area contributed by atoms with Gasteiger partial charge in [0, 0.05) is 11.4 Å². The molecular formula is C15H19N3. The van der Waals surface area contributed by atoms with Crippen LogP contribution in [0.1, 0.15) is 37.7 Å². The number of rotatable bonds is 2. The average molecular weight is 241 g/mol. The molecule has 0 bridgehead atoms. The highest BCUT2D eigenvalue weighted by atomic mass is 15.0. The quantitative estimate of drug-likeness (QED) is 0.871. The van der Waals surface area contributed by atoms with Crippen LogP contribution in [0, 0.1) is 6.92 Å². The summed E-state index contributed by atoms with van der Waals surface area (Å²) in [5.41, 5.74) is 2.28. The third-order valence-corrected chi connectivity index (χ3v) is 3.74. The minimum atomic E-state index is 0.581. The van der Waals surface area contributed by atoms with Gasteiger partial charge < -0.3 is 5.32 Å². The maximum Gasteiger partial charge on any atom is 0.137 e. The Bertz CT molecular complexity index is 544. The van der Waals surface area contributed by atoms with Crippen LogP contribution in [0.5, 0.6) is 0 Å². The van der Waals surface area contributed by atoms with E-state index in [1.165, 1.54) is 37.7 Å². The minimum Gasteiger partial charge on any atom is -0.367 e. The lowest BCUT2D eigenvalue weighted by Gasteiger charge is -2.23. The highest BCUT2D eigenvalue weighted by Crippen LogP contribution is 2.25. The van der Waals surface area contributed by atoms with E-state index in [0.29, 0.717) is 6.04 Å². The molecule has 1 aliphatic rings. The zero-order chi connectivity index (χ0) is 12.4. The van der Waals surface area contributed by atoms with Gasteiger partial charge in [-0.2, -0.15) is 0 Å². The molecule has 1 saturated carbocycles. The van der Waals surface area contributed by atoms with Gasteiger partial charge in [0.1, 0.15) is 12.1 Å². The van der Waals surface area contributed by atoms with E-state index in [2.05, 4.69) is 40.4 Å². The zero-order valence-corrected chi connectivity index (χ0v) is 10.8. The lowest BCUT2D eigenvalue weighted by Crippen LogP contribution is -2.23. The molecule has 18 heavy (non-hydrogen) atoms. The van der Waals surface area contributed by atoms with Crippen LogP contribution < -0.4 is 5.32 Å². The van der Waals surface area contributed by atoms with Gasteiger partial charge in [-0.25, -0.2) is 9.97 Å². The average Bonchev–Trinajstić information content (AvgIpc) is 2.41. The van der Waals surface area contributed by atoms with Crippen molar-refractivity contribution >= 4 is 16.7 Å². The maximum absolute atomic E-state index is 4.42. The Morgan fingerprint density at radius 3 is 2.78 bits per heavy atom. The summed E-state index contributed by atoms with van der Waals surface area (Å²) in [7, 11) is 0. The molecule has 1 fully saturated rings. The van der Waals surface area contributed by atoms with Crippen molar-refractivity contribution in [2.45, 2.75) is 45.1 Å². The molecule has 2 aromatic rings. The second-order valence-electron chi connectivity index (χ2n) is 5.22. The predicted octanol–water partition coefficient (Wildman–Crippen LogP) is 3.68. The molecule has 94 valence electrons. The highest BCUT2D eigenvalue weighted by Gasteiger charge is 2.14. The molecule has 1 aromatic carbocycles. The monoisotopic (exact) mass is 241 g/mol. The largest absolute Gasteiger partial charge is 0.367 e. The molecule has 1 heterocycles. The standard InChI is InChI=1S/C15H19N3/c1-11-7-8-14-13(9-11)15(17-10-16-14)18-12-5-3-2-4-6-12/h7-10,12H,2-6H2,1H3,(H,16,17,18). The molecule has 3 rings (SSSR count). The summed E-state index contributed by atoms with van der Waals surface area (Å²) in [6, 6.07) is 6.91. The Morgan fingerprint density at radius 1 is 1.11 bits per heavy atom. The highest BCUT2D eigenvalue weighted by molar-refractivity contribution is 5.89. The lowest BCUT2D eigenvalue weighted by atomic mass is 9.95. The SMILES string of the molecule is Cc1ccc2ncnc(NC3CCCCC3)c2c1. The van der Waals surface area contributed by atoms with E-state index < -0.39 is 0 Å². The molecular weight excluding hydrogens is 222 g/mol. The second-order valence-corrected chi connectivity index (χ2v) is 5.22. The summed E-state index contributed by atoms with van der Waals surface area (Å²) >= 11 is 0. The smallest absolute Gasteiger partial charge is 0.137 e. The molecule has 3 nitrogen and oxygen atoms in total. The first kappa shape index (κ1) is 11.5. The molecule has 0 amide bonds. The first-order chi connectivity index (χ1) is 8.83. The van der Waals surface area contributed by atoms with Crippen molar-refractivity contribution in [2.24, 2.45) is 0 Å². The Morgan fingerprint density at radius 2 is 1.94 bits per heavy atom. The van der Waals surface area contributed by atoms with Gasteiger partial charge in [0.25, 0.3) is 0 Å². The first-order valence-electron chi connectivity index (χ1n) is 6.81. The summed E-state index contributed by atoms with van der Waals surface area (Å²) in [5, 5.41) is 4.74. The lowest BCUT2D eigenvalue weighted by molar-refractivity contribution is 0.462. The van der Waals surface area contributed by atoms with E-state index >= 15 is 0 Å². The van der Waals surface area contributed by atoms with Crippen molar-refractivity contribution in [3.63, 3.8) is 0 Å². The third-order valence-electron chi connectivity index (χ3n) is 3.74. The number of fused-ring (bicyclic) bond motifs is 1. The van der Waals surface area contributed by atoms with Crippen molar-refractivity contribution in [3.8, 4) is 0 Å². The van der Waals surface area contributed by atoms with Crippen molar-refractivity contribution in [1.82, 2.24) is 9.97 Å².